The van der Waals surface area contributed by atoms with E-state index in [2.05, 4.69) is 9.89 Å². The van der Waals surface area contributed by atoms with Crippen LogP contribution in [0.15, 0.2) is 29.4 Å². The number of nitrogens with two attached hydrogens (primary N) is 1. The first kappa shape index (κ1) is 14.2. The largest absolute Gasteiger partial charge is 0.469 e. The summed E-state index contributed by atoms with van der Waals surface area (Å²) in [7, 11) is 0. The van der Waals surface area contributed by atoms with Gasteiger partial charge in [0.25, 0.3) is 0 Å². The highest BCUT2D eigenvalue weighted by Crippen LogP contribution is 2.30. The first-order chi connectivity index (χ1) is 9.37. The van der Waals surface area contributed by atoms with Crippen LogP contribution in [0.1, 0.15) is 28.4 Å². The lowest BCUT2D eigenvalue weighted by molar-refractivity contribution is -0.156. The summed E-state index contributed by atoms with van der Waals surface area (Å²) in [5.41, 5.74) is 5.93. The molecule has 1 amide bonds. The fraction of sp³-hybridized carbons (Fsp3) is 0.333. The number of primary amides is 1. The average Bonchev–Trinajstić information content (AvgIpc) is 2.84. The quantitative estimate of drug-likeness (QED) is 0.926. The van der Waals surface area contributed by atoms with Crippen LogP contribution in [0.4, 0.5) is 13.2 Å². The van der Waals surface area contributed by atoms with Crippen molar-refractivity contribution >= 4 is 11.8 Å². The Kier molecular flexibility index (Phi) is 3.82. The summed E-state index contributed by atoms with van der Waals surface area (Å²) in [6.07, 6.45) is -5.10. The zero-order valence-electron chi connectivity index (χ0n) is 10.2. The number of hydrogen-bond acceptors (Lipinski definition) is 4. The molecular weight excluding hydrogens is 277 g/mol. The van der Waals surface area contributed by atoms with Crippen LogP contribution >= 0.6 is 0 Å². The summed E-state index contributed by atoms with van der Waals surface area (Å²) in [6.45, 7) is -1.43. The molecule has 5 nitrogen and oxygen atoms in total. The number of oxime groups is 1. The summed E-state index contributed by atoms with van der Waals surface area (Å²) in [6, 6.07) is 6.41. The topological polar surface area (TPSA) is 73.9 Å². The van der Waals surface area contributed by atoms with E-state index in [1.807, 2.05) is 0 Å². The van der Waals surface area contributed by atoms with Gasteiger partial charge in [-0.2, -0.15) is 13.2 Å². The zero-order valence-corrected chi connectivity index (χ0v) is 10.2. The maximum atomic E-state index is 12.0. The first-order valence-electron chi connectivity index (χ1n) is 5.68. The van der Waals surface area contributed by atoms with Crippen molar-refractivity contribution in [3.8, 4) is 0 Å². The highest BCUT2D eigenvalue weighted by molar-refractivity contribution is 5.94. The molecule has 0 fully saturated rings. The summed E-state index contributed by atoms with van der Waals surface area (Å²) in [4.78, 5) is 16.3. The minimum absolute atomic E-state index is 0.0143. The van der Waals surface area contributed by atoms with E-state index in [4.69, 9.17) is 10.6 Å². The molecule has 0 radical (unpaired) electrons. The number of rotatable bonds is 3. The Morgan fingerprint density at radius 3 is 2.80 bits per heavy atom. The number of ether oxygens (including phenoxy) is 1. The Balaban J connectivity index is 2.03. The Bertz CT molecular complexity index is 543. The molecule has 1 aromatic carbocycles. The van der Waals surface area contributed by atoms with Gasteiger partial charge in [-0.05, 0) is 6.07 Å². The van der Waals surface area contributed by atoms with Crippen LogP contribution in [-0.4, -0.2) is 24.6 Å². The van der Waals surface area contributed by atoms with Gasteiger partial charge in [0.15, 0.2) is 12.7 Å². The van der Waals surface area contributed by atoms with Gasteiger partial charge in [-0.15, -0.1) is 0 Å². The summed E-state index contributed by atoms with van der Waals surface area (Å²) < 4.78 is 40.6. The third-order valence-corrected chi connectivity index (χ3v) is 2.62. The van der Waals surface area contributed by atoms with E-state index < -0.39 is 24.8 Å². The molecule has 0 bridgehead atoms. The molecule has 1 aliphatic heterocycles. The number of halogens is 3. The Labute approximate surface area is 112 Å². The zero-order chi connectivity index (χ0) is 14.8. The monoisotopic (exact) mass is 288 g/mol. The van der Waals surface area contributed by atoms with E-state index in [1.165, 1.54) is 6.07 Å². The van der Waals surface area contributed by atoms with Gasteiger partial charge in [0.1, 0.15) is 0 Å². The molecule has 108 valence electrons. The lowest BCUT2D eigenvalue weighted by Gasteiger charge is -2.11. The van der Waals surface area contributed by atoms with E-state index in [1.54, 1.807) is 18.2 Å². The van der Waals surface area contributed by atoms with Crippen molar-refractivity contribution in [1.82, 2.24) is 0 Å². The molecule has 1 aliphatic rings. The summed E-state index contributed by atoms with van der Waals surface area (Å²) in [5, 5.41) is 3.44. The Morgan fingerprint density at radius 2 is 2.15 bits per heavy atom. The molecule has 2 N–H and O–H groups in total. The molecule has 1 aromatic rings. The Morgan fingerprint density at radius 1 is 1.45 bits per heavy atom. The molecule has 0 unspecified atom stereocenters. The lowest BCUT2D eigenvalue weighted by Crippen LogP contribution is -2.20. The second-order valence-corrected chi connectivity index (χ2v) is 4.14. The molecule has 0 saturated heterocycles. The number of nitrogens with zero attached hydrogens (tertiary/aromatic N) is 1. The average molecular weight is 288 g/mol. The maximum absolute atomic E-state index is 12.0. The van der Waals surface area contributed by atoms with Gasteiger partial charge >= 0.3 is 6.18 Å². The van der Waals surface area contributed by atoms with Crippen molar-refractivity contribution in [3.63, 3.8) is 0 Å². The Hall–Kier alpha value is -2.25. The van der Waals surface area contributed by atoms with E-state index in [0.29, 0.717) is 5.56 Å². The standard InChI is InChI=1S/C12H11F3N2O3/c13-12(14,15)6-19-10-5-9(20-17-10)7-3-1-2-4-8(7)11(16)18/h1-4,9H,5-6H2,(H2,16,18)/t9-/m0/s1. The molecule has 0 saturated carbocycles. The van der Waals surface area contributed by atoms with E-state index in [9.17, 15) is 18.0 Å². The van der Waals surface area contributed by atoms with Crippen LogP contribution in [0.2, 0.25) is 0 Å². The van der Waals surface area contributed by atoms with Crippen molar-refractivity contribution in [1.29, 1.82) is 0 Å². The normalized spacial score (nSPS) is 18.4. The minimum atomic E-state index is -4.44. The molecule has 8 heteroatoms. The van der Waals surface area contributed by atoms with Crippen LogP contribution in [0.25, 0.3) is 0 Å². The van der Waals surface area contributed by atoms with Gasteiger partial charge in [0, 0.05) is 11.1 Å². The SMILES string of the molecule is NC(=O)c1ccccc1[C@@H]1CC(OCC(F)(F)F)=NO1. The maximum Gasteiger partial charge on any atom is 0.422 e. The van der Waals surface area contributed by atoms with Crippen LogP contribution in [-0.2, 0) is 9.57 Å². The number of amides is 1. The number of carbonyl (C=O) groups excluding carboxylic acids is 1. The summed E-state index contributed by atoms with van der Waals surface area (Å²) >= 11 is 0. The molecule has 0 aromatic heterocycles. The molecule has 1 atom stereocenters. The number of alkyl halides is 3. The van der Waals surface area contributed by atoms with Gasteiger partial charge in [-0.1, -0.05) is 23.4 Å². The molecule has 2 rings (SSSR count). The summed E-state index contributed by atoms with van der Waals surface area (Å²) in [5.74, 6) is -0.805. The molecule has 0 aliphatic carbocycles. The second-order valence-electron chi connectivity index (χ2n) is 4.14. The molecular formula is C12H11F3N2O3. The van der Waals surface area contributed by atoms with Crippen molar-refractivity contribution in [2.75, 3.05) is 6.61 Å². The van der Waals surface area contributed by atoms with Gasteiger partial charge in [0.2, 0.25) is 11.8 Å². The van der Waals surface area contributed by atoms with Crippen molar-refractivity contribution in [2.24, 2.45) is 10.9 Å². The highest BCUT2D eigenvalue weighted by atomic mass is 19.4. The third-order valence-electron chi connectivity index (χ3n) is 2.62. The fourth-order valence-corrected chi connectivity index (χ4v) is 1.77. The van der Waals surface area contributed by atoms with Crippen molar-refractivity contribution < 1.29 is 27.5 Å². The smallest absolute Gasteiger partial charge is 0.422 e. The predicted molar refractivity (Wildman–Crippen MR) is 62.8 cm³/mol. The predicted octanol–water partition coefficient (Wildman–Crippen LogP) is 2.14. The second kappa shape index (κ2) is 5.40. The number of hydrogen-bond donors (Lipinski definition) is 1. The molecule has 0 spiro atoms. The lowest BCUT2D eigenvalue weighted by atomic mass is 10.00. The van der Waals surface area contributed by atoms with E-state index in [-0.39, 0.29) is 17.9 Å². The van der Waals surface area contributed by atoms with Crippen molar-refractivity contribution in [2.45, 2.75) is 18.7 Å². The van der Waals surface area contributed by atoms with Crippen LogP contribution < -0.4 is 5.73 Å². The van der Waals surface area contributed by atoms with E-state index in [0.717, 1.165) is 0 Å². The number of benzene rings is 1. The number of carbonyl (C=O) groups is 1. The molecule has 1 heterocycles. The minimum Gasteiger partial charge on any atom is -0.469 e. The van der Waals surface area contributed by atoms with Gasteiger partial charge in [0.05, 0.1) is 6.42 Å². The van der Waals surface area contributed by atoms with Gasteiger partial charge < -0.3 is 15.3 Å². The van der Waals surface area contributed by atoms with Crippen LogP contribution in [0, 0.1) is 0 Å². The van der Waals surface area contributed by atoms with Crippen molar-refractivity contribution in [3.05, 3.63) is 35.4 Å². The molecule has 20 heavy (non-hydrogen) atoms. The van der Waals surface area contributed by atoms with Gasteiger partial charge in [-0.25, -0.2) is 0 Å². The van der Waals surface area contributed by atoms with Crippen LogP contribution in [0.3, 0.4) is 0 Å². The fourth-order valence-electron chi connectivity index (χ4n) is 1.77. The van der Waals surface area contributed by atoms with E-state index >= 15 is 0 Å². The van der Waals surface area contributed by atoms with Gasteiger partial charge in [-0.3, -0.25) is 4.79 Å². The van der Waals surface area contributed by atoms with Crippen LogP contribution in [0.5, 0.6) is 0 Å². The first-order valence-corrected chi connectivity index (χ1v) is 5.68. The highest BCUT2D eigenvalue weighted by Gasteiger charge is 2.32. The third kappa shape index (κ3) is 3.40.